The van der Waals surface area contributed by atoms with Crippen molar-refractivity contribution < 1.29 is 9.29 Å². The van der Waals surface area contributed by atoms with Gasteiger partial charge in [-0.2, -0.15) is 5.26 Å². The van der Waals surface area contributed by atoms with Crippen molar-refractivity contribution in [1.82, 2.24) is 14.3 Å². The number of hydrogen-bond acceptors (Lipinski definition) is 8. The zero-order valence-corrected chi connectivity index (χ0v) is 17.1. The van der Waals surface area contributed by atoms with Gasteiger partial charge in [-0.1, -0.05) is 6.07 Å². The molecule has 1 saturated heterocycles. The minimum absolute atomic E-state index is 0.00437. The van der Waals surface area contributed by atoms with E-state index < -0.39 is 0 Å². The lowest BCUT2D eigenvalue weighted by molar-refractivity contribution is 0.328. The summed E-state index contributed by atoms with van der Waals surface area (Å²) in [6, 6.07) is 14.5. The minimum atomic E-state index is -0.266. The zero-order valence-electron chi connectivity index (χ0n) is 16.2. The van der Waals surface area contributed by atoms with Crippen LogP contribution in [0.5, 0.6) is 5.75 Å². The second-order valence-electron chi connectivity index (χ2n) is 6.91. The van der Waals surface area contributed by atoms with Gasteiger partial charge in [0.05, 0.1) is 35.9 Å². The molecule has 2 N–H and O–H groups in total. The third kappa shape index (κ3) is 4.57. The Balaban J connectivity index is 1.24. The van der Waals surface area contributed by atoms with Crippen LogP contribution in [0.4, 0.5) is 5.69 Å². The van der Waals surface area contributed by atoms with Gasteiger partial charge >= 0.3 is 0 Å². The largest absolute Gasteiger partial charge is 0.506 e. The van der Waals surface area contributed by atoms with Crippen LogP contribution in [0.1, 0.15) is 11.4 Å². The van der Waals surface area contributed by atoms with Gasteiger partial charge in [0.15, 0.2) is 0 Å². The summed E-state index contributed by atoms with van der Waals surface area (Å²) in [4.78, 5) is 21.5. The van der Waals surface area contributed by atoms with Crippen molar-refractivity contribution in [3.63, 3.8) is 0 Å². The van der Waals surface area contributed by atoms with E-state index in [1.165, 1.54) is 18.3 Å². The van der Waals surface area contributed by atoms with Gasteiger partial charge in [-0.3, -0.25) is 4.79 Å². The van der Waals surface area contributed by atoms with Gasteiger partial charge in [-0.05, 0) is 36.4 Å². The molecule has 154 valence electrons. The number of H-pyrrole nitrogens is 1. The molecule has 0 radical (unpaired) electrons. The van der Waals surface area contributed by atoms with E-state index in [0.29, 0.717) is 35.3 Å². The maximum Gasteiger partial charge on any atom is 0.258 e. The van der Waals surface area contributed by atoms with Crippen LogP contribution >= 0.6 is 12.2 Å². The quantitative estimate of drug-likeness (QED) is 0.354. The van der Waals surface area contributed by atoms with E-state index in [0.717, 1.165) is 31.9 Å². The number of aromatic nitrogens is 2. The van der Waals surface area contributed by atoms with E-state index in [4.69, 9.17) is 9.44 Å². The number of nitrogens with one attached hydrogen (secondary N) is 1. The lowest BCUT2D eigenvalue weighted by atomic mass is 10.2. The van der Waals surface area contributed by atoms with Crippen LogP contribution < -0.4 is 10.5 Å². The Hall–Kier alpha value is -3.06. The van der Waals surface area contributed by atoms with Crippen molar-refractivity contribution in [2.24, 2.45) is 0 Å². The first-order valence-electron chi connectivity index (χ1n) is 9.64. The summed E-state index contributed by atoms with van der Waals surface area (Å²) in [6.07, 6.45) is 0.442. The molecule has 0 unspecified atom stereocenters. The topological polar surface area (TPSA) is 105 Å². The number of benzene rings is 2. The normalized spacial score (nSPS) is 14.7. The Kier molecular flexibility index (Phi) is 6.18. The van der Waals surface area contributed by atoms with Gasteiger partial charge in [0.2, 0.25) is 0 Å². The molecule has 9 heteroatoms. The number of anilines is 1. The van der Waals surface area contributed by atoms with Crippen molar-refractivity contribution in [2.45, 2.75) is 6.42 Å². The highest BCUT2D eigenvalue weighted by molar-refractivity contribution is 7.92. The highest BCUT2D eigenvalue weighted by atomic mass is 32.2. The Bertz CT molecular complexity index is 1120. The van der Waals surface area contributed by atoms with Crippen LogP contribution in [0, 0.1) is 11.3 Å². The van der Waals surface area contributed by atoms with Crippen molar-refractivity contribution in [3.05, 3.63) is 64.2 Å². The Morgan fingerprint density at radius 2 is 1.93 bits per heavy atom. The number of hydrogen-bond donors (Lipinski definition) is 2. The Morgan fingerprint density at radius 3 is 2.67 bits per heavy atom. The average Bonchev–Trinajstić information content (AvgIpc) is 2.78. The van der Waals surface area contributed by atoms with Crippen LogP contribution in [0.3, 0.4) is 0 Å². The summed E-state index contributed by atoms with van der Waals surface area (Å²) in [5.74, 6) is 0.482. The van der Waals surface area contributed by atoms with E-state index in [9.17, 15) is 9.90 Å². The molecule has 1 aliphatic heterocycles. The molecule has 0 bridgehead atoms. The number of aromatic hydroxyl groups is 1. The van der Waals surface area contributed by atoms with Crippen LogP contribution in [0.2, 0.25) is 0 Å². The van der Waals surface area contributed by atoms with Crippen molar-refractivity contribution in [3.8, 4) is 11.8 Å². The van der Waals surface area contributed by atoms with Crippen LogP contribution in [-0.4, -0.2) is 52.2 Å². The molecule has 8 nitrogen and oxygen atoms in total. The zero-order chi connectivity index (χ0) is 20.9. The van der Waals surface area contributed by atoms with E-state index in [2.05, 4.69) is 25.2 Å². The molecule has 0 saturated carbocycles. The van der Waals surface area contributed by atoms with Crippen LogP contribution in [0.15, 0.2) is 47.3 Å². The Morgan fingerprint density at radius 1 is 1.17 bits per heavy atom. The second-order valence-corrected chi connectivity index (χ2v) is 7.81. The number of phenols is 1. The first-order valence-corrected chi connectivity index (χ1v) is 10.3. The van der Waals surface area contributed by atoms with Gasteiger partial charge in [0.25, 0.3) is 5.56 Å². The summed E-state index contributed by atoms with van der Waals surface area (Å²) in [5.41, 5.74) is 1.83. The molecular formula is C21H21N5O3S. The van der Waals surface area contributed by atoms with E-state index in [1.54, 1.807) is 12.1 Å². The fourth-order valence-electron chi connectivity index (χ4n) is 3.33. The second kappa shape index (κ2) is 9.17. The molecule has 1 aliphatic rings. The molecular weight excluding hydrogens is 402 g/mol. The molecule has 1 fully saturated rings. The predicted molar refractivity (Wildman–Crippen MR) is 116 cm³/mol. The SMILES string of the molecule is N#Cc1ccc(N2CCN(SOCCc3nc4c(O)cccc4c(=O)[nH]3)CC2)cc1. The minimum Gasteiger partial charge on any atom is -0.506 e. The third-order valence-electron chi connectivity index (χ3n) is 4.94. The van der Waals surface area contributed by atoms with Crippen molar-refractivity contribution in [2.75, 3.05) is 37.7 Å². The average molecular weight is 423 g/mol. The van der Waals surface area contributed by atoms with Crippen molar-refractivity contribution >= 4 is 28.8 Å². The molecule has 2 heterocycles. The lowest BCUT2D eigenvalue weighted by Crippen LogP contribution is -2.43. The number of nitrogens with zero attached hydrogens (tertiary/aromatic N) is 4. The predicted octanol–water partition coefficient (Wildman–Crippen LogP) is 2.44. The maximum atomic E-state index is 12.1. The van der Waals surface area contributed by atoms with Gasteiger partial charge in [0, 0.05) is 38.3 Å². The van der Waals surface area contributed by atoms with Gasteiger partial charge in [-0.15, -0.1) is 0 Å². The van der Waals surface area contributed by atoms with Crippen LogP contribution in [0.25, 0.3) is 10.9 Å². The van der Waals surface area contributed by atoms with Gasteiger partial charge in [0.1, 0.15) is 17.1 Å². The number of aromatic amines is 1. The molecule has 0 atom stereocenters. The van der Waals surface area contributed by atoms with Gasteiger partial charge < -0.3 is 19.2 Å². The van der Waals surface area contributed by atoms with E-state index in [1.807, 2.05) is 24.3 Å². The summed E-state index contributed by atoms with van der Waals surface area (Å²) < 4.78 is 7.85. The standard InChI is InChI=1S/C21H21N5O3S/c22-14-15-4-6-16(7-5-15)25-9-11-26(12-10-25)30-29-13-8-19-23-20-17(21(28)24-19)2-1-3-18(20)27/h1-7,27H,8-13H2,(H,23,24,28). The van der Waals surface area contributed by atoms with Crippen molar-refractivity contribution in [1.29, 1.82) is 5.26 Å². The third-order valence-corrected chi connectivity index (χ3v) is 5.79. The summed E-state index contributed by atoms with van der Waals surface area (Å²) in [5, 5.41) is 19.2. The molecule has 30 heavy (non-hydrogen) atoms. The first-order chi connectivity index (χ1) is 14.6. The summed E-state index contributed by atoms with van der Waals surface area (Å²) in [7, 11) is 0. The summed E-state index contributed by atoms with van der Waals surface area (Å²) >= 11 is 1.33. The maximum absolute atomic E-state index is 12.1. The molecule has 1 aromatic heterocycles. The summed E-state index contributed by atoms with van der Waals surface area (Å²) in [6.45, 7) is 3.85. The molecule has 2 aromatic carbocycles. The first kappa shape index (κ1) is 20.2. The number of fused-ring (bicyclic) bond motifs is 1. The number of nitriles is 1. The lowest BCUT2D eigenvalue weighted by Gasteiger charge is -2.34. The number of piperazine rings is 1. The van der Waals surface area contributed by atoms with E-state index in [-0.39, 0.29) is 11.3 Å². The molecule has 0 aliphatic carbocycles. The van der Waals surface area contributed by atoms with E-state index >= 15 is 0 Å². The fraction of sp³-hybridized carbons (Fsp3) is 0.286. The number of rotatable bonds is 6. The van der Waals surface area contributed by atoms with Crippen LogP contribution in [-0.2, 0) is 10.6 Å². The number of phenolic OH excluding ortho intramolecular Hbond substituents is 1. The smallest absolute Gasteiger partial charge is 0.258 e. The highest BCUT2D eigenvalue weighted by Crippen LogP contribution is 2.21. The molecule has 3 aromatic rings. The van der Waals surface area contributed by atoms with Gasteiger partial charge in [-0.25, -0.2) is 9.29 Å². The number of para-hydroxylation sites is 1. The highest BCUT2D eigenvalue weighted by Gasteiger charge is 2.18. The molecule has 0 amide bonds. The monoisotopic (exact) mass is 423 g/mol. The molecule has 4 rings (SSSR count). The molecule has 0 spiro atoms. The Labute approximate surface area is 178 Å². The fourth-order valence-corrected chi connectivity index (χ4v) is 3.95.